The third-order valence-corrected chi connectivity index (χ3v) is 10.0. The highest BCUT2D eigenvalue weighted by Gasteiger charge is 2.22. The normalized spacial score (nSPS) is 11.8. The number of hydrogen-bond donors (Lipinski definition) is 2. The number of ether oxygens (including phenoxy) is 1. The van der Waals surface area contributed by atoms with Crippen LogP contribution in [-0.2, 0) is 32.7 Å². The average Bonchev–Trinajstić information content (AvgIpc) is 3.54. The summed E-state index contributed by atoms with van der Waals surface area (Å²) in [7, 11) is 2.05. The van der Waals surface area contributed by atoms with Crippen LogP contribution in [0.1, 0.15) is 206 Å². The number of aromatic nitrogens is 2. The highest BCUT2D eigenvalue weighted by molar-refractivity contribution is 5.84. The summed E-state index contributed by atoms with van der Waals surface area (Å²) < 4.78 is 9.96. The van der Waals surface area contributed by atoms with Gasteiger partial charge in [0.1, 0.15) is 18.4 Å². The fourth-order valence-corrected chi connectivity index (χ4v) is 6.69. The second kappa shape index (κ2) is 34.7. The number of unbranched alkanes of at least 4 members (excludes halogenated alkanes) is 23. The number of carbonyl (C=O) groups excluding carboxylic acids is 3. The van der Waals surface area contributed by atoms with Crippen LogP contribution in [0, 0.1) is 0 Å². The number of aryl methyl sites for hydroxylation is 2. The van der Waals surface area contributed by atoms with Gasteiger partial charge in [0.05, 0.1) is 20.2 Å². The van der Waals surface area contributed by atoms with Crippen LogP contribution in [0.15, 0.2) is 18.7 Å². The predicted octanol–water partition coefficient (Wildman–Crippen LogP) is 10.2. The number of esters is 1. The number of imidazole rings is 1. The quantitative estimate of drug-likeness (QED) is 0.0407. The maximum Gasteiger partial charge on any atom is 0.328 e. The summed E-state index contributed by atoms with van der Waals surface area (Å²) in [5, 5.41) is 6.04. The highest BCUT2D eigenvalue weighted by atomic mass is 16.5. The lowest BCUT2D eigenvalue weighted by atomic mass is 10.1. The molecule has 0 spiro atoms. The van der Waals surface area contributed by atoms with Crippen molar-refractivity contribution in [1.29, 1.82) is 0 Å². The summed E-state index contributed by atoms with van der Waals surface area (Å²) in [6.07, 6.45) is 39.4. The molecule has 51 heavy (non-hydrogen) atoms. The SMILES string of the molecule is CCCCCCCCCCCC(=O)NCCCCC(NC(=O)CCCCCCCCCCn1cc[n+](C)c1)C(=O)OCCCCCCCCCC. The number of amides is 2. The molecule has 8 heteroatoms. The minimum absolute atomic E-state index is 0.0586. The Morgan fingerprint density at radius 1 is 0.608 bits per heavy atom. The van der Waals surface area contributed by atoms with Crippen LogP contribution in [0.3, 0.4) is 0 Å². The molecule has 1 aromatic heterocycles. The standard InChI is InChI=1S/C43H80N4O4/c1-4-6-8-10-12-14-17-21-25-32-41(48)44-34-28-27-31-40(43(50)51-38-30-24-20-13-11-9-7-5-2)45-42(49)33-26-22-18-15-16-19-23-29-35-47-37-36-46(3)39-47/h36-37,39-40H,4-35,38H2,1-3H3,(H-,44,45,48,49)/p+1. The first-order chi connectivity index (χ1) is 25.0. The zero-order valence-electron chi connectivity index (χ0n) is 33.7. The Bertz CT molecular complexity index is 966. The second-order valence-corrected chi connectivity index (χ2v) is 15.1. The lowest BCUT2D eigenvalue weighted by Gasteiger charge is -2.18. The van der Waals surface area contributed by atoms with Gasteiger partial charge >= 0.3 is 5.97 Å². The van der Waals surface area contributed by atoms with E-state index in [1.165, 1.54) is 116 Å². The molecule has 296 valence electrons. The van der Waals surface area contributed by atoms with Crippen molar-refractivity contribution in [3.05, 3.63) is 18.7 Å². The van der Waals surface area contributed by atoms with Crippen molar-refractivity contribution in [3.63, 3.8) is 0 Å². The predicted molar refractivity (Wildman–Crippen MR) is 211 cm³/mol. The van der Waals surface area contributed by atoms with Crippen molar-refractivity contribution in [2.45, 2.75) is 219 Å². The third kappa shape index (κ3) is 29.9. The lowest BCUT2D eigenvalue weighted by Crippen LogP contribution is -2.42. The van der Waals surface area contributed by atoms with Crippen molar-refractivity contribution in [3.8, 4) is 0 Å². The van der Waals surface area contributed by atoms with Gasteiger partial charge in [-0.05, 0) is 51.4 Å². The van der Waals surface area contributed by atoms with Crippen LogP contribution in [0.25, 0.3) is 0 Å². The molecule has 1 rings (SSSR count). The van der Waals surface area contributed by atoms with Gasteiger partial charge in [-0.2, -0.15) is 0 Å². The molecule has 2 amide bonds. The number of nitrogens with one attached hydrogen (secondary N) is 2. The van der Waals surface area contributed by atoms with Crippen LogP contribution in [0.2, 0.25) is 0 Å². The van der Waals surface area contributed by atoms with Crippen LogP contribution >= 0.6 is 0 Å². The molecule has 0 radical (unpaired) electrons. The molecule has 0 aromatic carbocycles. The van der Waals surface area contributed by atoms with E-state index in [9.17, 15) is 14.4 Å². The molecular formula is C43H81N4O4+. The summed E-state index contributed by atoms with van der Waals surface area (Å²) in [5.74, 6) is -0.252. The average molecular weight is 718 g/mol. The number of nitrogens with zero attached hydrogens (tertiary/aromatic N) is 2. The molecule has 2 N–H and O–H groups in total. The molecule has 0 aliphatic carbocycles. The first-order valence-corrected chi connectivity index (χ1v) is 21.7. The van der Waals surface area contributed by atoms with Gasteiger partial charge in [-0.25, -0.2) is 13.9 Å². The van der Waals surface area contributed by atoms with Crippen LogP contribution in [-0.4, -0.2) is 41.5 Å². The maximum absolute atomic E-state index is 13.0. The van der Waals surface area contributed by atoms with Crippen molar-refractivity contribution in [2.75, 3.05) is 13.2 Å². The summed E-state index contributed by atoms with van der Waals surface area (Å²) in [6, 6.07) is -0.613. The molecule has 8 nitrogen and oxygen atoms in total. The van der Waals surface area contributed by atoms with Crippen LogP contribution in [0.5, 0.6) is 0 Å². The van der Waals surface area contributed by atoms with E-state index in [1.54, 1.807) is 0 Å². The molecule has 1 aromatic rings. The summed E-state index contributed by atoms with van der Waals surface area (Å²) >= 11 is 0. The van der Waals surface area contributed by atoms with Crippen LogP contribution in [0.4, 0.5) is 0 Å². The van der Waals surface area contributed by atoms with E-state index in [4.69, 9.17) is 4.74 Å². The van der Waals surface area contributed by atoms with E-state index >= 15 is 0 Å². The Balaban J connectivity index is 2.25. The van der Waals surface area contributed by atoms with Crippen molar-refractivity contribution in [1.82, 2.24) is 15.2 Å². The smallest absolute Gasteiger partial charge is 0.328 e. The summed E-state index contributed by atoms with van der Waals surface area (Å²) in [5.41, 5.74) is 0. The van der Waals surface area contributed by atoms with Crippen molar-refractivity contribution >= 4 is 17.8 Å². The maximum atomic E-state index is 13.0. The van der Waals surface area contributed by atoms with Gasteiger partial charge in [-0.15, -0.1) is 0 Å². The molecule has 0 fully saturated rings. The van der Waals surface area contributed by atoms with Gasteiger partial charge in [0, 0.05) is 19.4 Å². The van der Waals surface area contributed by atoms with Gasteiger partial charge in [0.15, 0.2) is 0 Å². The van der Waals surface area contributed by atoms with Gasteiger partial charge in [-0.3, -0.25) is 9.59 Å². The molecule has 0 aliphatic heterocycles. The zero-order chi connectivity index (χ0) is 37.0. The van der Waals surface area contributed by atoms with E-state index in [1.807, 2.05) is 0 Å². The first kappa shape index (κ1) is 46.6. The van der Waals surface area contributed by atoms with E-state index in [-0.39, 0.29) is 17.8 Å². The monoisotopic (exact) mass is 718 g/mol. The number of carbonyl (C=O) groups is 3. The largest absolute Gasteiger partial charge is 0.464 e. The minimum Gasteiger partial charge on any atom is -0.464 e. The molecule has 0 saturated carbocycles. The zero-order valence-corrected chi connectivity index (χ0v) is 33.7. The number of rotatable bonds is 37. The second-order valence-electron chi connectivity index (χ2n) is 15.1. The van der Waals surface area contributed by atoms with Crippen molar-refractivity contribution in [2.24, 2.45) is 7.05 Å². The molecule has 0 saturated heterocycles. The molecule has 1 unspecified atom stereocenters. The Hall–Kier alpha value is -2.38. The van der Waals surface area contributed by atoms with Gasteiger partial charge in [0.25, 0.3) is 0 Å². The minimum atomic E-state index is -0.613. The molecule has 0 bridgehead atoms. The Morgan fingerprint density at radius 3 is 1.63 bits per heavy atom. The Kier molecular flexibility index (Phi) is 31.7. The first-order valence-electron chi connectivity index (χ1n) is 21.7. The third-order valence-electron chi connectivity index (χ3n) is 10.0. The molecule has 1 heterocycles. The topological polar surface area (TPSA) is 93.3 Å². The van der Waals surface area contributed by atoms with E-state index in [2.05, 4.69) is 59.4 Å². The summed E-state index contributed by atoms with van der Waals surface area (Å²) in [6.45, 7) is 6.59. The van der Waals surface area contributed by atoms with E-state index in [0.717, 1.165) is 64.3 Å². The van der Waals surface area contributed by atoms with E-state index < -0.39 is 6.04 Å². The molecular weight excluding hydrogens is 636 g/mol. The summed E-state index contributed by atoms with van der Waals surface area (Å²) in [4.78, 5) is 38.1. The lowest BCUT2D eigenvalue weighted by molar-refractivity contribution is -0.671. The molecule has 1 atom stereocenters. The fourth-order valence-electron chi connectivity index (χ4n) is 6.69. The molecule has 0 aliphatic rings. The van der Waals surface area contributed by atoms with Crippen molar-refractivity contribution < 1.29 is 23.7 Å². The van der Waals surface area contributed by atoms with Crippen LogP contribution < -0.4 is 15.2 Å². The van der Waals surface area contributed by atoms with Gasteiger partial charge < -0.3 is 15.4 Å². The Labute approximate surface area is 314 Å². The fraction of sp³-hybridized carbons (Fsp3) is 0.860. The Morgan fingerprint density at radius 2 is 1.10 bits per heavy atom. The highest BCUT2D eigenvalue weighted by Crippen LogP contribution is 2.13. The number of hydrogen-bond acceptors (Lipinski definition) is 4. The van der Waals surface area contributed by atoms with Gasteiger partial charge in [-0.1, -0.05) is 142 Å². The van der Waals surface area contributed by atoms with E-state index in [0.29, 0.717) is 32.4 Å². The van der Waals surface area contributed by atoms with Gasteiger partial charge in [0.2, 0.25) is 18.1 Å².